The van der Waals surface area contributed by atoms with Crippen LogP contribution in [0.25, 0.3) is 0 Å². The molecule has 0 saturated heterocycles. The zero-order valence-electron chi connectivity index (χ0n) is 11.4. The van der Waals surface area contributed by atoms with Gasteiger partial charge in [-0.15, -0.1) is 0 Å². The third-order valence-corrected chi connectivity index (χ3v) is 6.33. The summed E-state index contributed by atoms with van der Waals surface area (Å²) in [6.07, 6.45) is 5.68. The van der Waals surface area contributed by atoms with Gasteiger partial charge in [0.05, 0.1) is 0 Å². The molecule has 0 amide bonds. The second kappa shape index (κ2) is 6.49. The Morgan fingerprint density at radius 3 is 2.29 bits per heavy atom. The molecule has 0 N–H and O–H groups in total. The van der Waals surface area contributed by atoms with Gasteiger partial charge in [-0.3, -0.25) is 0 Å². The lowest BCUT2D eigenvalue weighted by molar-refractivity contribution is 0.126. The number of hydrogen-bond acceptors (Lipinski definition) is 3. The van der Waals surface area contributed by atoms with Gasteiger partial charge in [0.2, 0.25) is 0 Å². The summed E-state index contributed by atoms with van der Waals surface area (Å²) in [5, 5.41) is 0. The molecule has 3 nitrogen and oxygen atoms in total. The van der Waals surface area contributed by atoms with Crippen molar-refractivity contribution in [1.29, 1.82) is 0 Å². The third kappa shape index (κ3) is 3.78. The van der Waals surface area contributed by atoms with E-state index in [9.17, 15) is 0 Å². The van der Waals surface area contributed by atoms with E-state index in [0.717, 1.165) is 18.9 Å². The van der Waals surface area contributed by atoms with Crippen LogP contribution in [0, 0.1) is 5.92 Å². The summed E-state index contributed by atoms with van der Waals surface area (Å²) >= 11 is 0. The van der Waals surface area contributed by atoms with Crippen molar-refractivity contribution in [2.24, 2.45) is 5.92 Å². The molecule has 0 aromatic carbocycles. The summed E-state index contributed by atoms with van der Waals surface area (Å²) in [6.45, 7) is 6.15. The number of hydrogen-bond donors (Lipinski definition) is 0. The lowest BCUT2D eigenvalue weighted by Crippen LogP contribution is -2.43. The fraction of sp³-hybridized carbons (Fsp3) is 0.692. The zero-order chi connectivity index (χ0) is 12.9. The first kappa shape index (κ1) is 14.6. The molecule has 0 radical (unpaired) electrons. The normalized spacial score (nSPS) is 21.2. The van der Waals surface area contributed by atoms with Crippen LogP contribution in [0.3, 0.4) is 0 Å². The minimum atomic E-state index is -2.44. The molecule has 17 heavy (non-hydrogen) atoms. The summed E-state index contributed by atoms with van der Waals surface area (Å²) in [5.41, 5.74) is 2.69. The van der Waals surface area contributed by atoms with E-state index in [2.05, 4.69) is 19.6 Å². The first-order valence-electron chi connectivity index (χ1n) is 6.05. The Morgan fingerprint density at radius 1 is 1.35 bits per heavy atom. The van der Waals surface area contributed by atoms with Crippen molar-refractivity contribution >= 4 is 8.80 Å². The average molecular weight is 256 g/mol. The standard InChI is InChI=1S/C13H24O3Si/c1-11(2)13-8-6-12(7-9-13)10-17(14-3,15-4)16-5/h6,13H,1,7-10H2,2-5H3. The van der Waals surface area contributed by atoms with Crippen LogP contribution in [-0.2, 0) is 13.3 Å². The van der Waals surface area contributed by atoms with E-state index >= 15 is 0 Å². The van der Waals surface area contributed by atoms with Crippen LogP contribution in [0.5, 0.6) is 0 Å². The molecule has 0 fully saturated rings. The highest BCUT2D eigenvalue weighted by molar-refractivity contribution is 6.61. The van der Waals surface area contributed by atoms with Gasteiger partial charge in [-0.25, -0.2) is 0 Å². The first-order valence-corrected chi connectivity index (χ1v) is 7.99. The molecule has 0 saturated carbocycles. The molecule has 4 heteroatoms. The van der Waals surface area contributed by atoms with Crippen molar-refractivity contribution in [3.63, 3.8) is 0 Å². The van der Waals surface area contributed by atoms with Crippen LogP contribution < -0.4 is 0 Å². The van der Waals surface area contributed by atoms with Gasteiger partial charge >= 0.3 is 8.80 Å². The molecule has 0 bridgehead atoms. The van der Waals surface area contributed by atoms with Crippen LogP contribution >= 0.6 is 0 Å². The van der Waals surface area contributed by atoms with E-state index in [1.165, 1.54) is 17.6 Å². The largest absolute Gasteiger partial charge is 0.504 e. The molecule has 0 aliphatic heterocycles. The zero-order valence-corrected chi connectivity index (χ0v) is 12.4. The molecule has 1 aliphatic carbocycles. The highest BCUT2D eigenvalue weighted by atomic mass is 28.4. The Kier molecular flexibility index (Phi) is 5.59. The topological polar surface area (TPSA) is 27.7 Å². The minimum Gasteiger partial charge on any atom is -0.377 e. The monoisotopic (exact) mass is 256 g/mol. The van der Waals surface area contributed by atoms with Crippen molar-refractivity contribution in [2.75, 3.05) is 21.3 Å². The molecular formula is C13H24O3Si. The lowest BCUT2D eigenvalue weighted by Gasteiger charge is -2.28. The van der Waals surface area contributed by atoms with Gasteiger partial charge < -0.3 is 13.3 Å². The maximum absolute atomic E-state index is 5.45. The van der Waals surface area contributed by atoms with E-state index in [-0.39, 0.29) is 0 Å². The predicted molar refractivity (Wildman–Crippen MR) is 71.8 cm³/mol. The van der Waals surface area contributed by atoms with Gasteiger partial charge in [0, 0.05) is 27.4 Å². The summed E-state index contributed by atoms with van der Waals surface area (Å²) in [7, 11) is 2.55. The maximum Gasteiger partial charge on any atom is 0.504 e. The van der Waals surface area contributed by atoms with Crippen molar-refractivity contribution in [2.45, 2.75) is 32.2 Å². The predicted octanol–water partition coefficient (Wildman–Crippen LogP) is 3.17. The second-order valence-corrected chi connectivity index (χ2v) is 7.60. The molecule has 0 heterocycles. The van der Waals surface area contributed by atoms with E-state index in [1.54, 1.807) is 21.3 Å². The van der Waals surface area contributed by atoms with Gasteiger partial charge in [0.25, 0.3) is 0 Å². The van der Waals surface area contributed by atoms with E-state index in [1.807, 2.05) is 0 Å². The molecule has 0 aromatic heterocycles. The van der Waals surface area contributed by atoms with Crippen LogP contribution in [0.2, 0.25) is 6.04 Å². The van der Waals surface area contributed by atoms with E-state index < -0.39 is 8.80 Å². The molecule has 98 valence electrons. The molecule has 1 unspecified atom stereocenters. The Labute approximate surface area is 106 Å². The second-order valence-electron chi connectivity index (χ2n) is 4.65. The Morgan fingerprint density at radius 2 is 1.94 bits per heavy atom. The third-order valence-electron chi connectivity index (χ3n) is 3.58. The lowest BCUT2D eigenvalue weighted by atomic mass is 9.86. The average Bonchev–Trinajstić information content (AvgIpc) is 2.37. The van der Waals surface area contributed by atoms with Crippen molar-refractivity contribution in [3.8, 4) is 0 Å². The van der Waals surface area contributed by atoms with Crippen molar-refractivity contribution in [1.82, 2.24) is 0 Å². The summed E-state index contributed by atoms with van der Waals surface area (Å²) < 4.78 is 16.3. The van der Waals surface area contributed by atoms with Crippen molar-refractivity contribution < 1.29 is 13.3 Å². The van der Waals surface area contributed by atoms with Gasteiger partial charge in [0.1, 0.15) is 0 Å². The quantitative estimate of drug-likeness (QED) is 0.539. The molecule has 1 aliphatic rings. The molecular weight excluding hydrogens is 232 g/mol. The van der Waals surface area contributed by atoms with E-state index in [0.29, 0.717) is 5.92 Å². The minimum absolute atomic E-state index is 0.641. The Hall–Kier alpha value is -0.423. The summed E-state index contributed by atoms with van der Waals surface area (Å²) in [5.74, 6) is 0.641. The van der Waals surface area contributed by atoms with Gasteiger partial charge in [-0.05, 0) is 32.1 Å². The summed E-state index contributed by atoms with van der Waals surface area (Å²) in [4.78, 5) is 0. The molecule has 1 rings (SSSR count). The van der Waals surface area contributed by atoms with Crippen LogP contribution in [0.15, 0.2) is 23.8 Å². The molecule has 0 aromatic rings. The van der Waals surface area contributed by atoms with Gasteiger partial charge in [-0.2, -0.15) is 0 Å². The Bertz CT molecular complexity index is 287. The van der Waals surface area contributed by atoms with Crippen LogP contribution in [0.4, 0.5) is 0 Å². The first-order chi connectivity index (χ1) is 8.06. The fourth-order valence-corrected chi connectivity index (χ4v) is 4.05. The molecule has 0 spiro atoms. The van der Waals surface area contributed by atoms with Gasteiger partial charge in [-0.1, -0.05) is 23.8 Å². The molecule has 1 atom stereocenters. The van der Waals surface area contributed by atoms with E-state index in [4.69, 9.17) is 13.3 Å². The SMILES string of the molecule is C=C(C)C1CC=C(C[Si](OC)(OC)OC)CC1. The maximum atomic E-state index is 5.45. The number of rotatable bonds is 6. The van der Waals surface area contributed by atoms with Crippen LogP contribution in [0.1, 0.15) is 26.2 Å². The highest BCUT2D eigenvalue weighted by Gasteiger charge is 2.39. The van der Waals surface area contributed by atoms with Crippen LogP contribution in [-0.4, -0.2) is 30.1 Å². The number of allylic oxidation sites excluding steroid dienone is 3. The van der Waals surface area contributed by atoms with Gasteiger partial charge in [0.15, 0.2) is 0 Å². The Balaban J connectivity index is 2.61. The summed E-state index contributed by atoms with van der Waals surface area (Å²) in [6, 6.07) is 0.805. The smallest absolute Gasteiger partial charge is 0.377 e. The fourth-order valence-electron chi connectivity index (χ4n) is 2.24. The highest BCUT2D eigenvalue weighted by Crippen LogP contribution is 2.32. The van der Waals surface area contributed by atoms with Crippen molar-refractivity contribution in [3.05, 3.63) is 23.8 Å².